The third-order valence-corrected chi connectivity index (χ3v) is 3.72. The first-order chi connectivity index (χ1) is 14.9. The summed E-state index contributed by atoms with van der Waals surface area (Å²) in [6, 6.07) is 13.4. The molecule has 0 fully saturated rings. The van der Waals surface area contributed by atoms with E-state index in [9.17, 15) is 14.4 Å². The fourth-order valence-electron chi connectivity index (χ4n) is 2.24. The van der Waals surface area contributed by atoms with E-state index in [1.165, 1.54) is 14.2 Å². The van der Waals surface area contributed by atoms with E-state index < -0.39 is 17.9 Å². The van der Waals surface area contributed by atoms with Crippen LogP contribution in [0.15, 0.2) is 48.5 Å². The second-order valence-electron chi connectivity index (χ2n) is 5.89. The maximum absolute atomic E-state index is 11.3. The third-order valence-electron chi connectivity index (χ3n) is 3.72. The highest BCUT2D eigenvalue weighted by molar-refractivity contribution is 5.92. The van der Waals surface area contributed by atoms with Gasteiger partial charge in [-0.15, -0.1) is 0 Å². The molecule has 34 heavy (non-hydrogen) atoms. The molecule has 2 aromatic rings. The number of carboxylic acid groups (broad SMARTS) is 1. The van der Waals surface area contributed by atoms with E-state index in [2.05, 4.69) is 9.47 Å². The third kappa shape index (κ3) is 12.4. The van der Waals surface area contributed by atoms with Gasteiger partial charge in [-0.05, 0) is 24.3 Å². The van der Waals surface area contributed by atoms with E-state index >= 15 is 0 Å². The van der Waals surface area contributed by atoms with Gasteiger partial charge in [-0.1, -0.05) is 46.5 Å². The molecule has 0 radical (unpaired) electrons. The molecule has 192 valence electrons. The molecule has 0 spiro atoms. The molecule has 0 atom stereocenters. The zero-order chi connectivity index (χ0) is 23.1. The normalized spacial score (nSPS) is 8.79. The van der Waals surface area contributed by atoms with E-state index in [0.29, 0.717) is 30.1 Å². The Kier molecular flexibility index (Phi) is 20.6. The number of aliphatic carboxylic acids is 1. The van der Waals surface area contributed by atoms with Crippen molar-refractivity contribution >= 4 is 17.9 Å². The van der Waals surface area contributed by atoms with Gasteiger partial charge in [0.25, 0.3) is 0 Å². The summed E-state index contributed by atoms with van der Waals surface area (Å²) in [6.45, 7) is 0.467. The fourth-order valence-corrected chi connectivity index (χ4v) is 2.24. The molecule has 9 heteroatoms. The highest BCUT2D eigenvalue weighted by Crippen LogP contribution is 2.19. The Labute approximate surface area is 202 Å². The van der Waals surface area contributed by atoms with Crippen molar-refractivity contribution in [2.24, 2.45) is 0 Å². The second kappa shape index (κ2) is 20.0. The summed E-state index contributed by atoms with van der Waals surface area (Å²) in [6.07, 6.45) is 0.422. The maximum Gasteiger partial charge on any atom is 0.341 e. The maximum atomic E-state index is 11.3. The highest BCUT2D eigenvalue weighted by atomic mass is 16.5. The number of methoxy groups -OCH3 is 2. The van der Waals surface area contributed by atoms with Gasteiger partial charge in [-0.2, -0.15) is 0 Å². The average Bonchev–Trinajstić information content (AvgIpc) is 2.79. The standard InChI is InChI=1S/C11H12O5.C11H14O4.3CH4/c1-15-11(14)8-4-2-3-5-9(8)16-7-6-10(12)13;1-14-11(13)9-5-2-3-6-10(9)15-8-4-7-12;;;/h2-5H,6-7H2,1H3,(H,12,13);2-3,5-6,12H,4,7-8H2,1H3;3*1H4. The van der Waals surface area contributed by atoms with E-state index in [0.717, 1.165) is 0 Å². The number of carbonyl (C=O) groups excluding carboxylic acids is 2. The van der Waals surface area contributed by atoms with Crippen LogP contribution in [0.5, 0.6) is 11.5 Å². The Bertz CT molecular complexity index is 850. The highest BCUT2D eigenvalue weighted by Gasteiger charge is 2.12. The molecule has 0 saturated carbocycles. The molecule has 0 aliphatic carbocycles. The summed E-state index contributed by atoms with van der Waals surface area (Å²) >= 11 is 0. The van der Waals surface area contributed by atoms with Gasteiger partial charge in [0, 0.05) is 13.0 Å². The molecule has 0 saturated heterocycles. The van der Waals surface area contributed by atoms with Gasteiger partial charge in [-0.25, -0.2) is 9.59 Å². The van der Waals surface area contributed by atoms with Gasteiger partial charge in [0.05, 0.1) is 33.9 Å². The van der Waals surface area contributed by atoms with E-state index in [1.54, 1.807) is 48.5 Å². The van der Waals surface area contributed by atoms with Gasteiger partial charge in [-0.3, -0.25) is 4.79 Å². The predicted molar refractivity (Wildman–Crippen MR) is 131 cm³/mol. The van der Waals surface area contributed by atoms with Crippen LogP contribution in [0.1, 0.15) is 55.8 Å². The van der Waals surface area contributed by atoms with Crippen molar-refractivity contribution in [2.75, 3.05) is 34.0 Å². The Morgan fingerprint density at radius 2 is 1.15 bits per heavy atom. The first-order valence-corrected chi connectivity index (χ1v) is 9.37. The SMILES string of the molecule is C.C.C.COC(=O)c1ccccc1OCCC(=O)O.COC(=O)c1ccccc1OCCCO. The number of aliphatic hydroxyl groups is 1. The minimum atomic E-state index is -0.949. The average molecular weight is 483 g/mol. The van der Waals surface area contributed by atoms with Crippen LogP contribution in [0.3, 0.4) is 0 Å². The molecule has 2 N–H and O–H groups in total. The summed E-state index contributed by atoms with van der Waals surface area (Å²) in [5.41, 5.74) is 0.688. The number of esters is 2. The second-order valence-corrected chi connectivity index (χ2v) is 5.89. The van der Waals surface area contributed by atoms with Gasteiger partial charge < -0.3 is 29.2 Å². The van der Waals surface area contributed by atoms with Crippen LogP contribution in [-0.2, 0) is 14.3 Å². The lowest BCUT2D eigenvalue weighted by molar-refractivity contribution is -0.137. The van der Waals surface area contributed by atoms with Crippen molar-refractivity contribution in [1.29, 1.82) is 0 Å². The van der Waals surface area contributed by atoms with Gasteiger partial charge in [0.15, 0.2) is 0 Å². The van der Waals surface area contributed by atoms with Gasteiger partial charge in [0.2, 0.25) is 0 Å². The number of hydrogen-bond donors (Lipinski definition) is 2. The van der Waals surface area contributed by atoms with Crippen molar-refractivity contribution < 1.29 is 43.5 Å². The number of hydrogen-bond acceptors (Lipinski definition) is 8. The molecule has 0 bridgehead atoms. The lowest BCUT2D eigenvalue weighted by Crippen LogP contribution is -2.09. The van der Waals surface area contributed by atoms with Crippen molar-refractivity contribution in [3.63, 3.8) is 0 Å². The largest absolute Gasteiger partial charge is 0.493 e. The Hall–Kier alpha value is -3.59. The topological polar surface area (TPSA) is 129 Å². The van der Waals surface area contributed by atoms with Crippen molar-refractivity contribution in [1.82, 2.24) is 0 Å². The Morgan fingerprint density at radius 3 is 1.53 bits per heavy atom. The zero-order valence-electron chi connectivity index (χ0n) is 17.4. The summed E-state index contributed by atoms with van der Waals surface area (Å²) in [7, 11) is 2.60. The summed E-state index contributed by atoms with van der Waals surface area (Å²) in [5.74, 6) is -1.07. The predicted octanol–water partition coefficient (Wildman–Crippen LogP) is 4.47. The summed E-state index contributed by atoms with van der Waals surface area (Å²) in [4.78, 5) is 32.9. The van der Waals surface area contributed by atoms with Crippen molar-refractivity contribution in [3.05, 3.63) is 59.7 Å². The van der Waals surface area contributed by atoms with Crippen LogP contribution in [0, 0.1) is 0 Å². The van der Waals surface area contributed by atoms with E-state index in [1.807, 2.05) is 0 Å². The Morgan fingerprint density at radius 1 is 0.735 bits per heavy atom. The van der Waals surface area contributed by atoms with Crippen LogP contribution in [0.2, 0.25) is 0 Å². The van der Waals surface area contributed by atoms with E-state index in [4.69, 9.17) is 19.7 Å². The molecule has 2 aromatic carbocycles. The molecule has 0 heterocycles. The summed E-state index contributed by atoms with van der Waals surface area (Å²) < 4.78 is 19.7. The van der Waals surface area contributed by atoms with Gasteiger partial charge in [0.1, 0.15) is 22.6 Å². The van der Waals surface area contributed by atoms with Crippen LogP contribution < -0.4 is 9.47 Å². The van der Waals surface area contributed by atoms with Gasteiger partial charge >= 0.3 is 17.9 Å². The molecule has 0 aliphatic heterocycles. The minimum Gasteiger partial charge on any atom is -0.493 e. The zero-order valence-corrected chi connectivity index (χ0v) is 17.4. The number of aliphatic hydroxyl groups excluding tert-OH is 1. The Balaban J connectivity index is -0.000000520. The molecule has 0 aliphatic rings. The molecular formula is C25H38O9. The first kappa shape index (κ1) is 35.0. The smallest absolute Gasteiger partial charge is 0.341 e. The lowest BCUT2D eigenvalue weighted by atomic mass is 10.2. The summed E-state index contributed by atoms with van der Waals surface area (Å²) in [5, 5.41) is 17.0. The van der Waals surface area contributed by atoms with E-state index in [-0.39, 0.29) is 47.5 Å². The van der Waals surface area contributed by atoms with Crippen molar-refractivity contribution in [3.8, 4) is 11.5 Å². The number of rotatable bonds is 10. The molecule has 0 unspecified atom stereocenters. The minimum absolute atomic E-state index is 0. The fraction of sp³-hybridized carbons (Fsp3) is 0.400. The molecule has 9 nitrogen and oxygen atoms in total. The number of carbonyl (C=O) groups is 3. The van der Waals surface area contributed by atoms with Crippen LogP contribution in [-0.4, -0.2) is 62.2 Å². The number of carboxylic acids is 1. The van der Waals surface area contributed by atoms with Crippen LogP contribution >= 0.6 is 0 Å². The number of para-hydroxylation sites is 2. The molecule has 0 amide bonds. The monoisotopic (exact) mass is 482 g/mol. The van der Waals surface area contributed by atoms with Crippen LogP contribution in [0.25, 0.3) is 0 Å². The molecule has 0 aromatic heterocycles. The quantitative estimate of drug-likeness (QED) is 0.372. The first-order valence-electron chi connectivity index (χ1n) is 9.37. The number of benzene rings is 2. The number of ether oxygens (including phenoxy) is 4. The van der Waals surface area contributed by atoms with Crippen LogP contribution in [0.4, 0.5) is 0 Å². The van der Waals surface area contributed by atoms with Crippen molar-refractivity contribution in [2.45, 2.75) is 35.1 Å². The molecular weight excluding hydrogens is 444 g/mol. The lowest BCUT2D eigenvalue weighted by Gasteiger charge is -2.08. The molecule has 2 rings (SSSR count).